The lowest BCUT2D eigenvalue weighted by Gasteiger charge is -1.98. The maximum absolute atomic E-state index is 8.39. The fourth-order valence-electron chi connectivity index (χ4n) is 0.619. The van der Waals surface area contributed by atoms with Crippen LogP contribution in [0.25, 0.3) is 0 Å². The summed E-state index contributed by atoms with van der Waals surface area (Å²) in [5.74, 6) is 0.863. The van der Waals surface area contributed by atoms with Crippen LogP contribution in [0, 0.1) is 11.3 Å². The van der Waals surface area contributed by atoms with Gasteiger partial charge in [-0.05, 0) is 6.42 Å². The average molecular weight is 199 g/mol. The van der Waals surface area contributed by atoms with Gasteiger partial charge in [0.1, 0.15) is 4.34 Å². The van der Waals surface area contributed by atoms with E-state index in [1.165, 1.54) is 0 Å². The Morgan fingerprint density at radius 3 is 3.25 bits per heavy atom. The van der Waals surface area contributed by atoms with Gasteiger partial charge in [0.05, 0.1) is 12.1 Å². The molecule has 1 rings (SSSR count). The zero-order chi connectivity index (χ0) is 8.81. The number of thioether (sulfide) groups is 1. The summed E-state index contributed by atoms with van der Waals surface area (Å²) in [5.41, 5.74) is 5.42. The molecule has 0 aliphatic carbocycles. The van der Waals surface area contributed by atoms with Crippen molar-refractivity contribution in [2.24, 2.45) is 5.73 Å². The van der Waals surface area contributed by atoms with Crippen LogP contribution in [0.1, 0.15) is 6.42 Å². The van der Waals surface area contributed by atoms with Gasteiger partial charge in [-0.2, -0.15) is 5.26 Å². The van der Waals surface area contributed by atoms with Crippen LogP contribution in [0.3, 0.4) is 0 Å². The highest BCUT2D eigenvalue weighted by Gasteiger charge is 2.01. The lowest BCUT2D eigenvalue weighted by atomic mass is 10.3. The Bertz CT molecular complexity index is 252. The molecule has 3 nitrogen and oxygen atoms in total. The molecule has 0 spiro atoms. The molecule has 1 heterocycles. The second-order valence-corrected chi connectivity index (χ2v) is 4.41. The third kappa shape index (κ3) is 3.22. The smallest absolute Gasteiger partial charge is 0.149 e. The highest BCUT2D eigenvalue weighted by Crippen LogP contribution is 2.20. The number of hydrogen-bond donors (Lipinski definition) is 1. The Morgan fingerprint density at radius 2 is 2.67 bits per heavy atom. The highest BCUT2D eigenvalue weighted by atomic mass is 32.2. The highest BCUT2D eigenvalue weighted by molar-refractivity contribution is 8.00. The van der Waals surface area contributed by atoms with Crippen LogP contribution >= 0.6 is 23.1 Å². The minimum atomic E-state index is -0.336. The molecule has 1 unspecified atom stereocenters. The normalized spacial score (nSPS) is 12.3. The lowest BCUT2D eigenvalue weighted by molar-refractivity contribution is 0.803. The van der Waals surface area contributed by atoms with Crippen LogP contribution in [0.4, 0.5) is 0 Å². The molecule has 0 aromatic carbocycles. The Morgan fingerprint density at radius 1 is 1.83 bits per heavy atom. The summed E-state index contributed by atoms with van der Waals surface area (Å²) < 4.78 is 1.04. The van der Waals surface area contributed by atoms with Gasteiger partial charge in [-0.25, -0.2) is 4.98 Å². The molecule has 0 radical (unpaired) electrons. The summed E-state index contributed by atoms with van der Waals surface area (Å²) in [7, 11) is 0. The number of nitrogens with two attached hydrogens (primary N) is 1. The predicted molar refractivity (Wildman–Crippen MR) is 51.0 cm³/mol. The van der Waals surface area contributed by atoms with Gasteiger partial charge in [0.25, 0.3) is 0 Å². The molecule has 1 aromatic rings. The summed E-state index contributed by atoms with van der Waals surface area (Å²) in [6.45, 7) is 0. The van der Waals surface area contributed by atoms with Crippen molar-refractivity contribution in [1.29, 1.82) is 5.26 Å². The molecule has 12 heavy (non-hydrogen) atoms. The van der Waals surface area contributed by atoms with E-state index in [-0.39, 0.29) is 6.04 Å². The lowest BCUT2D eigenvalue weighted by Crippen LogP contribution is -2.17. The van der Waals surface area contributed by atoms with Crippen molar-refractivity contribution in [2.75, 3.05) is 5.75 Å². The van der Waals surface area contributed by atoms with Gasteiger partial charge in [-0.15, -0.1) is 11.3 Å². The van der Waals surface area contributed by atoms with Gasteiger partial charge >= 0.3 is 0 Å². The minimum Gasteiger partial charge on any atom is -0.316 e. The van der Waals surface area contributed by atoms with E-state index >= 15 is 0 Å². The van der Waals surface area contributed by atoms with Crippen molar-refractivity contribution in [3.63, 3.8) is 0 Å². The molecule has 5 heteroatoms. The van der Waals surface area contributed by atoms with E-state index in [1.54, 1.807) is 29.3 Å². The Kier molecular flexibility index (Phi) is 4.08. The molecule has 64 valence electrons. The van der Waals surface area contributed by atoms with Crippen molar-refractivity contribution in [3.05, 3.63) is 11.6 Å². The van der Waals surface area contributed by atoms with Crippen LogP contribution in [-0.4, -0.2) is 16.8 Å². The fourth-order valence-corrected chi connectivity index (χ4v) is 2.35. The first-order chi connectivity index (χ1) is 5.83. The van der Waals surface area contributed by atoms with Gasteiger partial charge in [-0.3, -0.25) is 0 Å². The molecule has 0 amide bonds. The third-order valence-electron chi connectivity index (χ3n) is 1.23. The van der Waals surface area contributed by atoms with E-state index in [2.05, 4.69) is 4.98 Å². The number of rotatable bonds is 4. The predicted octanol–water partition coefficient (Wildman–Crippen LogP) is 1.48. The van der Waals surface area contributed by atoms with Gasteiger partial charge in [0.15, 0.2) is 0 Å². The minimum absolute atomic E-state index is 0.336. The van der Waals surface area contributed by atoms with Crippen molar-refractivity contribution >= 4 is 23.1 Å². The van der Waals surface area contributed by atoms with Crippen molar-refractivity contribution in [2.45, 2.75) is 16.8 Å². The molecule has 0 bridgehead atoms. The third-order valence-corrected chi connectivity index (χ3v) is 3.23. The molecule has 1 atom stereocenters. The summed E-state index contributed by atoms with van der Waals surface area (Å²) in [4.78, 5) is 4.10. The monoisotopic (exact) mass is 199 g/mol. The molecule has 0 saturated carbocycles. The van der Waals surface area contributed by atoms with E-state index in [0.717, 1.165) is 16.5 Å². The topological polar surface area (TPSA) is 62.7 Å². The zero-order valence-electron chi connectivity index (χ0n) is 6.43. The van der Waals surface area contributed by atoms with Crippen LogP contribution in [-0.2, 0) is 0 Å². The maximum atomic E-state index is 8.39. The zero-order valence-corrected chi connectivity index (χ0v) is 8.07. The summed E-state index contributed by atoms with van der Waals surface area (Å²) in [6, 6.07) is 1.66. The van der Waals surface area contributed by atoms with E-state index in [4.69, 9.17) is 11.0 Å². The first-order valence-electron chi connectivity index (χ1n) is 3.50. The van der Waals surface area contributed by atoms with Gasteiger partial charge in [-0.1, -0.05) is 11.8 Å². The summed E-state index contributed by atoms with van der Waals surface area (Å²) in [6.07, 6.45) is 2.50. The van der Waals surface area contributed by atoms with Crippen LogP contribution in [0.2, 0.25) is 0 Å². The largest absolute Gasteiger partial charge is 0.316 e. The fraction of sp³-hybridized carbons (Fsp3) is 0.429. The average Bonchev–Trinajstić information content (AvgIpc) is 2.57. The van der Waals surface area contributed by atoms with Gasteiger partial charge < -0.3 is 5.73 Å². The Hall–Kier alpha value is -0.570. The van der Waals surface area contributed by atoms with Crippen molar-refractivity contribution in [3.8, 4) is 6.07 Å². The Labute approximate surface area is 79.6 Å². The van der Waals surface area contributed by atoms with E-state index < -0.39 is 0 Å². The Balaban J connectivity index is 2.16. The van der Waals surface area contributed by atoms with Crippen molar-refractivity contribution in [1.82, 2.24) is 4.98 Å². The summed E-state index contributed by atoms with van der Waals surface area (Å²) in [5, 5.41) is 10.3. The SMILES string of the molecule is N#CC(N)CCSc1nccs1. The van der Waals surface area contributed by atoms with Crippen LogP contribution in [0.15, 0.2) is 15.9 Å². The first-order valence-corrected chi connectivity index (χ1v) is 5.37. The standard InChI is InChI=1S/C7H9N3S2/c8-5-6(9)1-3-11-7-10-2-4-12-7/h2,4,6H,1,3,9H2. The quantitative estimate of drug-likeness (QED) is 0.746. The molecular formula is C7H9N3S2. The number of aromatic nitrogens is 1. The van der Waals surface area contributed by atoms with Gasteiger partial charge in [0, 0.05) is 17.3 Å². The number of nitriles is 1. The molecule has 1 aromatic heterocycles. The molecule has 2 N–H and O–H groups in total. The van der Waals surface area contributed by atoms with Crippen LogP contribution < -0.4 is 5.73 Å². The second kappa shape index (κ2) is 5.14. The van der Waals surface area contributed by atoms with E-state index in [9.17, 15) is 0 Å². The molecule has 0 saturated heterocycles. The number of nitrogens with zero attached hydrogens (tertiary/aromatic N) is 2. The molecule has 0 fully saturated rings. The van der Waals surface area contributed by atoms with E-state index in [1.807, 2.05) is 11.4 Å². The number of thiazole rings is 1. The molecular weight excluding hydrogens is 190 g/mol. The summed E-state index contributed by atoms with van der Waals surface area (Å²) >= 11 is 3.26. The molecule has 0 aliphatic rings. The molecule has 0 aliphatic heterocycles. The first kappa shape index (κ1) is 9.52. The van der Waals surface area contributed by atoms with Gasteiger partial charge in [0.2, 0.25) is 0 Å². The van der Waals surface area contributed by atoms with Crippen molar-refractivity contribution < 1.29 is 0 Å². The van der Waals surface area contributed by atoms with Crippen LogP contribution in [0.5, 0.6) is 0 Å². The van der Waals surface area contributed by atoms with E-state index in [0.29, 0.717) is 0 Å². The maximum Gasteiger partial charge on any atom is 0.149 e. The second-order valence-electron chi connectivity index (χ2n) is 2.17. The number of hydrogen-bond acceptors (Lipinski definition) is 5.